The third kappa shape index (κ3) is 16.6. The molecule has 0 aliphatic carbocycles. The molecule has 0 saturated heterocycles. The van der Waals surface area contributed by atoms with Gasteiger partial charge in [0.25, 0.3) is 32.1 Å². The number of aromatic hydroxyl groups is 2. The van der Waals surface area contributed by atoms with Gasteiger partial charge in [-0.2, -0.15) is 37.3 Å². The van der Waals surface area contributed by atoms with Crippen LogP contribution in [-0.2, 0) is 20.2 Å². The number of aryl methyl sites for hydroxylation is 2. The molecule has 0 atom stereocenters. The van der Waals surface area contributed by atoms with Crippen LogP contribution in [0.4, 0.5) is 50.3 Å². The molecule has 0 saturated carbocycles. The van der Waals surface area contributed by atoms with Crippen molar-refractivity contribution in [3.63, 3.8) is 0 Å². The van der Waals surface area contributed by atoms with Crippen LogP contribution in [0.1, 0.15) is 52.6 Å². The number of anilines is 4. The van der Waals surface area contributed by atoms with E-state index in [1.807, 2.05) is 0 Å². The fraction of sp³-hybridized carbons (Fsp3) is 0.0465. The van der Waals surface area contributed by atoms with Crippen LogP contribution in [0.5, 0.6) is 11.5 Å². The number of urea groups is 1. The summed E-state index contributed by atoms with van der Waals surface area (Å²) in [7, 11) is -9.76. The van der Waals surface area contributed by atoms with Crippen LogP contribution < -0.4 is 21.3 Å². The van der Waals surface area contributed by atoms with Crippen LogP contribution in [-0.4, -0.2) is 194 Å². The third-order valence-corrected chi connectivity index (χ3v) is 11.1. The van der Waals surface area contributed by atoms with Crippen LogP contribution in [0.15, 0.2) is 139 Å². The molecule has 0 bridgehead atoms. The number of nitrogens with one attached hydrogen (secondary N) is 4. The number of carboxylic acids is 2. The molecule has 0 heterocycles. The zero-order valence-corrected chi connectivity index (χ0v) is 48.5. The van der Waals surface area contributed by atoms with Gasteiger partial charge < -0.3 is 41.7 Å². The Morgan fingerprint density at radius 3 is 1.08 bits per heavy atom. The first kappa shape index (κ1) is 63.2. The monoisotopic (exact) mass is 1060 g/mol. The van der Waals surface area contributed by atoms with E-state index in [1.165, 1.54) is 48.5 Å². The number of hydrogen-bond donors (Lipinski definition) is 10. The van der Waals surface area contributed by atoms with Crippen molar-refractivity contribution in [2.24, 2.45) is 20.5 Å². The average molecular weight is 1060 g/mol. The van der Waals surface area contributed by atoms with Crippen molar-refractivity contribution < 1.29 is 70.3 Å². The molecule has 0 aliphatic heterocycles. The molecule has 0 aromatic heterocycles. The fourth-order valence-electron chi connectivity index (χ4n) is 5.99. The standard InChI is InChI=1S/C43H34N8O15S2.4Na/c1-21-15-27(11-13-33(21)50-48-25-7-3-23(4-8-25)39(54)46-35-19-29(67(61,62)63)17-31(37(35)52)41(56)57)44-43(60)45-28-12-14-34(22(2)16-28)51-49-26-9-5-24(6-10-26)40(55)47-36-20-30(68(64,65)66)18-32(38(36)53)42(58)59;;;;/h3-20,52-53H,1-2H3,(H,46,54)(H,47,55)(H,56,57)(H,58,59)(H2,44,45,60)(H,61,62,63)(H,64,65,66);;;;. The van der Waals surface area contributed by atoms with E-state index >= 15 is 0 Å². The predicted molar refractivity (Wildman–Crippen MR) is 265 cm³/mol. The predicted octanol–water partition coefficient (Wildman–Crippen LogP) is 7.06. The van der Waals surface area contributed by atoms with E-state index in [9.17, 15) is 70.3 Å². The maximum absolute atomic E-state index is 12.9. The van der Waals surface area contributed by atoms with Crippen molar-refractivity contribution >= 4 is 214 Å². The maximum atomic E-state index is 12.9. The van der Waals surface area contributed by atoms with Crippen molar-refractivity contribution in [1.82, 2.24) is 0 Å². The van der Waals surface area contributed by atoms with Gasteiger partial charge in [0.05, 0.1) is 43.9 Å². The van der Waals surface area contributed by atoms with Crippen molar-refractivity contribution in [3.05, 3.63) is 143 Å². The number of carboxylic acid groups (broad SMARTS) is 2. The van der Waals surface area contributed by atoms with Gasteiger partial charge in [0, 0.05) is 141 Å². The summed E-state index contributed by atoms with van der Waals surface area (Å²) in [6, 6.07) is 22.8. The number of azo groups is 2. The van der Waals surface area contributed by atoms with Gasteiger partial charge in [0.2, 0.25) is 0 Å². The number of phenols is 2. The second kappa shape index (κ2) is 26.9. The van der Waals surface area contributed by atoms with E-state index in [-0.39, 0.29) is 129 Å². The zero-order valence-electron chi connectivity index (χ0n) is 38.9. The van der Waals surface area contributed by atoms with Gasteiger partial charge in [0.15, 0.2) is 11.5 Å². The molecular weight excluding hydrogens is 1020 g/mol. The second-order valence-corrected chi connectivity index (χ2v) is 17.1. The molecule has 6 aromatic carbocycles. The van der Waals surface area contributed by atoms with Gasteiger partial charge >= 0.3 is 18.0 Å². The first-order valence-electron chi connectivity index (χ1n) is 19.1. The Hall–Kier alpha value is -4.91. The van der Waals surface area contributed by atoms with E-state index in [4.69, 9.17) is 0 Å². The van der Waals surface area contributed by atoms with Crippen LogP contribution >= 0.6 is 0 Å². The van der Waals surface area contributed by atoms with Crippen LogP contribution in [0.25, 0.3) is 0 Å². The Labute approximate surface area is 497 Å². The summed E-state index contributed by atoms with van der Waals surface area (Å²) in [5.41, 5.74) is 0.853. The number of hydrogen-bond acceptors (Lipinski definition) is 15. The van der Waals surface area contributed by atoms with Gasteiger partial charge in [-0.3, -0.25) is 18.7 Å². The minimum Gasteiger partial charge on any atom is -0.505 e. The third-order valence-electron chi connectivity index (χ3n) is 9.43. The van der Waals surface area contributed by atoms with E-state index in [1.54, 1.807) is 50.2 Å². The topological polar surface area (TPSA) is 373 Å². The molecule has 10 N–H and O–H groups in total. The molecule has 0 spiro atoms. The molecular formula is C43H34N8Na4O15S2. The van der Waals surface area contributed by atoms with Gasteiger partial charge in [-0.25, -0.2) is 14.4 Å². The largest absolute Gasteiger partial charge is 0.505 e. The number of aromatic carboxylic acids is 2. The second-order valence-electron chi connectivity index (χ2n) is 14.3. The van der Waals surface area contributed by atoms with E-state index in [2.05, 4.69) is 41.7 Å². The van der Waals surface area contributed by atoms with Crippen molar-refractivity contribution in [3.8, 4) is 11.5 Å². The zero-order chi connectivity index (χ0) is 49.7. The van der Waals surface area contributed by atoms with Crippen molar-refractivity contribution in [1.29, 1.82) is 0 Å². The summed E-state index contributed by atoms with van der Waals surface area (Å²) in [4.78, 5) is 59.8. The molecule has 6 aromatic rings. The summed E-state index contributed by atoms with van der Waals surface area (Å²) in [5.74, 6) is -6.95. The van der Waals surface area contributed by atoms with E-state index in [0.29, 0.717) is 69.5 Å². The van der Waals surface area contributed by atoms with Crippen LogP contribution in [0.2, 0.25) is 0 Å². The molecule has 4 radical (unpaired) electrons. The molecule has 0 fully saturated rings. The van der Waals surface area contributed by atoms with Gasteiger partial charge in [-0.05, 0) is 134 Å². The van der Waals surface area contributed by atoms with Gasteiger partial charge in [-0.1, -0.05) is 0 Å². The SMILES string of the molecule is Cc1cc(NC(=O)Nc2ccc(N=Nc3ccc(C(=O)Nc4cc(S(=O)(=O)O)cc(C(=O)O)c4O)cc3)c(C)c2)ccc1N=Nc1ccc(C(=O)Nc2cc(S(=O)(=O)O)cc(C(=O)O)c2O)cc1.[Na].[Na].[Na].[Na]. The van der Waals surface area contributed by atoms with Gasteiger partial charge in [0.1, 0.15) is 11.1 Å². The Bertz CT molecular complexity index is 3150. The van der Waals surface area contributed by atoms with Crippen molar-refractivity contribution in [2.45, 2.75) is 23.6 Å². The van der Waals surface area contributed by atoms with Crippen molar-refractivity contribution in [2.75, 3.05) is 21.3 Å². The van der Waals surface area contributed by atoms with Gasteiger partial charge in [-0.15, -0.1) is 0 Å². The smallest absolute Gasteiger partial charge is 0.339 e. The summed E-state index contributed by atoms with van der Waals surface area (Å²) >= 11 is 0. The number of rotatable bonds is 14. The Morgan fingerprint density at radius 1 is 0.458 bits per heavy atom. The number of carbonyl (C=O) groups excluding carboxylic acids is 3. The molecule has 6 rings (SSSR count). The van der Waals surface area contributed by atoms with E-state index < -0.39 is 93.8 Å². The molecule has 29 heteroatoms. The first-order valence-corrected chi connectivity index (χ1v) is 22.0. The molecule has 0 unspecified atom stereocenters. The number of carbonyl (C=O) groups is 5. The normalized spacial score (nSPS) is 10.9. The summed E-state index contributed by atoms with van der Waals surface area (Å²) in [6.45, 7) is 3.47. The molecule has 4 amide bonds. The minimum atomic E-state index is -4.88. The van der Waals surface area contributed by atoms with E-state index in [0.717, 1.165) is 0 Å². The van der Waals surface area contributed by atoms with Crippen LogP contribution in [0, 0.1) is 13.8 Å². The Morgan fingerprint density at radius 2 is 0.792 bits per heavy atom. The molecule has 352 valence electrons. The Balaban J connectivity index is 0.00000444. The fourth-order valence-corrected chi connectivity index (χ4v) is 7.05. The number of nitrogens with zero attached hydrogens (tertiary/aromatic N) is 4. The minimum absolute atomic E-state index is 0. The molecule has 23 nitrogen and oxygen atoms in total. The quantitative estimate of drug-likeness (QED) is 0.0226. The maximum Gasteiger partial charge on any atom is 0.339 e. The van der Waals surface area contributed by atoms with Crippen LogP contribution in [0.3, 0.4) is 0 Å². The number of amides is 4. The Kier molecular flexibility index (Phi) is 23.6. The summed E-state index contributed by atoms with van der Waals surface area (Å²) in [5, 5.41) is 65.8. The molecule has 72 heavy (non-hydrogen) atoms. The first-order chi connectivity index (χ1) is 32.0. The molecule has 0 aliphatic rings. The summed E-state index contributed by atoms with van der Waals surface area (Å²) in [6.07, 6.45) is 0. The average Bonchev–Trinajstić information content (AvgIpc) is 3.26. The summed E-state index contributed by atoms with van der Waals surface area (Å²) < 4.78 is 65.2. The number of benzene rings is 6.